The number of alkyl halides is 24. The van der Waals surface area contributed by atoms with E-state index in [0.717, 1.165) is 214 Å². The van der Waals surface area contributed by atoms with Gasteiger partial charge < -0.3 is 62.1 Å². The van der Waals surface area contributed by atoms with Crippen molar-refractivity contribution < 1.29 is 116 Å². The van der Waals surface area contributed by atoms with Crippen LogP contribution >= 0.6 is 34.8 Å². The number of aliphatic hydroxyl groups excluding tert-OH is 2. The van der Waals surface area contributed by atoms with Gasteiger partial charge in [0.2, 0.25) is 0 Å². The molecule has 16 rings (SSSR count). The molecule has 0 amide bonds. The fraction of sp³-hybridized carbons (Fsp3) is 0.524. The summed E-state index contributed by atoms with van der Waals surface area (Å²) in [6, 6.07) is 18.9. The number of rotatable bonds is 5. The molecule has 16 heterocycles. The maximum Gasteiger partial charge on any atom is 0.417 e. The van der Waals surface area contributed by atoms with E-state index >= 15 is 0 Å². The number of nitrogens with two attached hydrogens (primary N) is 2. The van der Waals surface area contributed by atoms with Crippen LogP contribution in [0.5, 0.6) is 0 Å². The van der Waals surface area contributed by atoms with Crippen molar-refractivity contribution in [3.8, 4) is 0 Å². The number of β-amino-alcohol motifs (C(OH)–C–C–N with tert-alkyl or cyclic N) is 2. The van der Waals surface area contributed by atoms with Crippen molar-refractivity contribution in [1.29, 1.82) is 0 Å². The number of hydrogen-bond donors (Lipinski definition) is 7. The van der Waals surface area contributed by atoms with E-state index in [0.29, 0.717) is 97.5 Å². The highest BCUT2D eigenvalue weighted by atomic mass is 35.5. The van der Waals surface area contributed by atoms with Crippen molar-refractivity contribution in [1.82, 2.24) is 55.8 Å². The molecule has 8 fully saturated rings. The van der Waals surface area contributed by atoms with Crippen molar-refractivity contribution in [2.75, 3.05) is 129 Å². The zero-order valence-electron chi connectivity index (χ0n) is 71.0. The topological polar surface area (TPSA) is 248 Å². The Morgan fingerprint density at radius 3 is 0.656 bits per heavy atom. The zero-order chi connectivity index (χ0) is 97.5. The van der Waals surface area contributed by atoms with Gasteiger partial charge in [-0.15, -0.1) is 0 Å². The Kier molecular flexibility index (Phi) is 43.1. The molecular formula is C84H101Cl3F24N18O2. The summed E-state index contributed by atoms with van der Waals surface area (Å²) in [7, 11) is 0. The molecule has 20 nitrogen and oxygen atoms in total. The summed E-state index contributed by atoms with van der Waals surface area (Å²) in [5.41, 5.74) is 5.26. The standard InChI is InChI=1S/3C11H13F3N2.C10H12F3N3.C10H11F3N2O.3C6H3ClF3N.C5H11N.C4H10N2.C4H9NO/c3*1-8-4-5-16(7-8)10-3-2-9(6-15-10)11(12,13)14;11-10(12,13)7-1-2-9(15-5-7)16-4-3-8(14)6-16;11-10(12,13)7-1-2-9(14-5-7)15-4-3-8(16)6-15;3*7-5-2-1-4(3-11-5)6(8,9)10;1-5-2-3-6-4-5;5-4-1-2-6-3-4;6-4-1-2-5-3-4/h3*2-3,6,8H,4-5,7H2,1H3;1-2,5,8H,3-4,6,14H2;1-2,5,8,16H,3-4,6H2;3*1-3H;5-6H,2-4H2,1H3;4,6H,1-3,5H2;4-6H,1-3H2/t5*8-;;;;5-;2*4-/m10001...001/s1. The Morgan fingerprint density at radius 2 is 0.511 bits per heavy atom. The van der Waals surface area contributed by atoms with Gasteiger partial charge >= 0.3 is 49.4 Å². The monoisotopic (exact) mass is 1950 g/mol. The second-order valence-electron chi connectivity index (χ2n) is 31.5. The molecule has 0 bridgehead atoms. The predicted octanol–water partition coefficient (Wildman–Crippen LogP) is 19.7. The summed E-state index contributed by atoms with van der Waals surface area (Å²) in [6.45, 7) is 22.7. The summed E-state index contributed by atoms with van der Waals surface area (Å²) in [5, 5.41) is 27.6. The smallest absolute Gasteiger partial charge is 0.392 e. The van der Waals surface area contributed by atoms with E-state index in [9.17, 15) is 110 Å². The molecule has 8 aromatic heterocycles. The van der Waals surface area contributed by atoms with Crippen LogP contribution in [0, 0.1) is 23.7 Å². The van der Waals surface area contributed by atoms with E-state index in [2.05, 4.69) is 83.5 Å². The van der Waals surface area contributed by atoms with Gasteiger partial charge in [-0.25, -0.2) is 39.9 Å². The Labute approximate surface area is 755 Å². The number of pyridine rings is 8. The minimum absolute atomic E-state index is 0.0537. The molecule has 0 spiro atoms. The van der Waals surface area contributed by atoms with Crippen LogP contribution in [-0.2, 0) is 49.4 Å². The van der Waals surface area contributed by atoms with Crippen molar-refractivity contribution in [2.24, 2.45) is 35.1 Å². The van der Waals surface area contributed by atoms with Crippen LogP contribution in [-0.4, -0.2) is 179 Å². The third kappa shape index (κ3) is 40.8. The third-order valence-corrected chi connectivity index (χ3v) is 20.9. The molecule has 0 saturated carbocycles. The lowest BCUT2D eigenvalue weighted by Crippen LogP contribution is -2.26. The fourth-order valence-corrected chi connectivity index (χ4v) is 13.2. The maximum absolute atomic E-state index is 12.3. The van der Waals surface area contributed by atoms with Crippen LogP contribution in [0.4, 0.5) is 134 Å². The summed E-state index contributed by atoms with van der Waals surface area (Å²) in [6.07, 6.45) is -20.4. The molecule has 8 aromatic rings. The largest absolute Gasteiger partial charge is 0.417 e. The Morgan fingerprint density at radius 1 is 0.267 bits per heavy atom. The second kappa shape index (κ2) is 51.0. The van der Waals surface area contributed by atoms with Gasteiger partial charge in [0.1, 0.15) is 44.5 Å². The van der Waals surface area contributed by atoms with Gasteiger partial charge in [-0.05, 0) is 198 Å². The number of hydrogen-bond acceptors (Lipinski definition) is 20. The van der Waals surface area contributed by atoms with Crippen molar-refractivity contribution in [3.05, 3.63) is 207 Å². The summed E-state index contributed by atoms with van der Waals surface area (Å²) in [4.78, 5) is 38.8. The zero-order valence-corrected chi connectivity index (χ0v) is 73.3. The van der Waals surface area contributed by atoms with Gasteiger partial charge in [0.15, 0.2) is 0 Å². The van der Waals surface area contributed by atoms with Crippen LogP contribution < -0.4 is 51.9 Å². The van der Waals surface area contributed by atoms with Crippen LogP contribution in [0.1, 0.15) is 124 Å². The molecule has 9 N–H and O–H groups in total. The molecule has 728 valence electrons. The molecule has 0 radical (unpaired) electrons. The lowest BCUT2D eigenvalue weighted by Gasteiger charge is -2.17. The Hall–Kier alpha value is -8.89. The quantitative estimate of drug-likeness (QED) is 0.0625. The summed E-state index contributed by atoms with van der Waals surface area (Å²) in [5.74, 6) is 5.64. The van der Waals surface area contributed by atoms with Gasteiger partial charge in [0, 0.05) is 140 Å². The minimum atomic E-state index is -4.35. The van der Waals surface area contributed by atoms with E-state index < -0.39 is 100 Å². The highest BCUT2D eigenvalue weighted by Gasteiger charge is 2.38. The van der Waals surface area contributed by atoms with E-state index in [1.807, 2.05) is 19.6 Å². The number of nitrogens with zero attached hydrogens (tertiary/aromatic N) is 13. The lowest BCUT2D eigenvalue weighted by molar-refractivity contribution is -0.138. The van der Waals surface area contributed by atoms with Gasteiger partial charge in [0.25, 0.3) is 0 Å². The fourth-order valence-electron chi connectivity index (χ4n) is 12.8. The average Bonchev–Trinajstić information content (AvgIpc) is 1.77. The van der Waals surface area contributed by atoms with Crippen LogP contribution in [0.15, 0.2) is 147 Å². The van der Waals surface area contributed by atoms with Gasteiger partial charge in [-0.2, -0.15) is 105 Å². The summed E-state index contributed by atoms with van der Waals surface area (Å²) < 4.78 is 291. The molecule has 8 atom stereocenters. The number of nitrogens with one attached hydrogen (secondary N) is 3. The molecule has 47 heteroatoms. The lowest BCUT2D eigenvalue weighted by atomic mass is 10.2. The normalized spacial score (nSPS) is 20.8. The van der Waals surface area contributed by atoms with Crippen molar-refractivity contribution in [3.63, 3.8) is 0 Å². The van der Waals surface area contributed by atoms with E-state index in [4.69, 9.17) is 51.4 Å². The van der Waals surface area contributed by atoms with Gasteiger partial charge in [0.05, 0.1) is 56.7 Å². The minimum Gasteiger partial charge on any atom is -0.392 e. The highest BCUT2D eigenvalue weighted by molar-refractivity contribution is 6.29. The van der Waals surface area contributed by atoms with E-state index in [1.165, 1.54) is 49.8 Å². The van der Waals surface area contributed by atoms with Crippen LogP contribution in [0.25, 0.3) is 0 Å². The Balaban J connectivity index is 0.000000225. The number of aliphatic hydroxyl groups is 2. The first-order chi connectivity index (χ1) is 61.0. The number of aromatic nitrogens is 8. The van der Waals surface area contributed by atoms with Crippen molar-refractivity contribution in [2.45, 2.75) is 153 Å². The molecule has 8 saturated heterocycles. The third-order valence-electron chi connectivity index (χ3n) is 20.3. The first-order valence-corrected chi connectivity index (χ1v) is 42.1. The summed E-state index contributed by atoms with van der Waals surface area (Å²) >= 11 is 15.8. The molecule has 0 aliphatic carbocycles. The highest BCUT2D eigenvalue weighted by Crippen LogP contribution is 2.38. The average molecular weight is 1960 g/mol. The van der Waals surface area contributed by atoms with E-state index in [-0.39, 0.29) is 27.6 Å². The van der Waals surface area contributed by atoms with Crippen LogP contribution in [0.3, 0.4) is 0 Å². The first-order valence-electron chi connectivity index (χ1n) is 41.0. The number of halogens is 27. The van der Waals surface area contributed by atoms with Crippen LogP contribution in [0.2, 0.25) is 15.5 Å². The van der Waals surface area contributed by atoms with Gasteiger partial charge in [-0.3, -0.25) is 0 Å². The second-order valence-corrected chi connectivity index (χ2v) is 32.7. The molecule has 0 aromatic carbocycles. The first kappa shape index (κ1) is 111. The maximum atomic E-state index is 12.3. The molecular weight excluding hydrogens is 1860 g/mol. The van der Waals surface area contributed by atoms with E-state index in [1.54, 1.807) is 4.90 Å². The van der Waals surface area contributed by atoms with Gasteiger partial charge in [-0.1, -0.05) is 62.5 Å². The molecule has 8 aliphatic rings. The Bertz CT molecular complexity index is 3950. The van der Waals surface area contributed by atoms with Crippen molar-refractivity contribution >= 4 is 63.9 Å². The molecule has 131 heavy (non-hydrogen) atoms. The molecule has 0 unspecified atom stereocenters. The molecule has 8 aliphatic heterocycles. The number of anilines is 5. The predicted molar refractivity (Wildman–Crippen MR) is 450 cm³/mol. The SMILES string of the molecule is C[C@@H]1CCN(c2ccc(C(F)(F)F)cn2)C1.C[C@H]1CCN(c2ccc(C(F)(F)F)cn2)C1.C[C@H]1CCN(c2ccc(C(F)(F)F)cn2)C1.C[C@H]1CCNC1.FC(F)(F)c1ccc(Cl)nc1.FC(F)(F)c1ccc(Cl)nc1.FC(F)(F)c1ccc(Cl)nc1.N[C@H]1CCN(c2ccc(C(F)(F)F)cn2)C1.N[C@H]1CCNC1.O[C@@H]1CCN(c2ccc(C(F)(F)F)cn2)C1.O[C@@H]1CCNC1.